The predicted molar refractivity (Wildman–Crippen MR) is 82.7 cm³/mol. The molecule has 0 radical (unpaired) electrons. The van der Waals surface area contributed by atoms with E-state index in [1.54, 1.807) is 6.07 Å². The number of nitrogens with one attached hydrogen (secondary N) is 1. The number of carbonyl (C=O) groups is 2. The van der Waals surface area contributed by atoms with Gasteiger partial charge in [-0.05, 0) is 46.6 Å². The Morgan fingerprint density at radius 3 is 2.67 bits per heavy atom. The van der Waals surface area contributed by atoms with Crippen molar-refractivity contribution in [3.8, 4) is 0 Å². The molecule has 0 saturated heterocycles. The summed E-state index contributed by atoms with van der Waals surface area (Å²) in [7, 11) is 0. The molecule has 7 heteroatoms. The van der Waals surface area contributed by atoms with E-state index >= 15 is 0 Å². The predicted octanol–water partition coefficient (Wildman–Crippen LogP) is 4.16. The largest absolute Gasteiger partial charge is 0.478 e. The number of hydrogen-bond donors (Lipinski definition) is 2. The second kappa shape index (κ2) is 6.36. The lowest BCUT2D eigenvalue weighted by atomic mass is 10.2. The molecule has 4 nitrogen and oxygen atoms in total. The summed E-state index contributed by atoms with van der Waals surface area (Å²) >= 11 is 4.23. The highest BCUT2D eigenvalue weighted by Crippen LogP contribution is 2.29. The van der Waals surface area contributed by atoms with Gasteiger partial charge in [0.2, 0.25) is 0 Å². The molecule has 0 aliphatic carbocycles. The molecular formula is C14H11BrFNO3S. The zero-order valence-electron chi connectivity index (χ0n) is 10.9. The molecule has 0 saturated carbocycles. The Labute approximate surface area is 132 Å². The van der Waals surface area contributed by atoms with Crippen molar-refractivity contribution in [3.05, 3.63) is 50.6 Å². The second-order valence-corrected chi connectivity index (χ2v) is 6.19. The van der Waals surface area contributed by atoms with Crippen LogP contribution in [-0.4, -0.2) is 17.0 Å². The molecule has 1 heterocycles. The van der Waals surface area contributed by atoms with Crippen LogP contribution >= 0.6 is 27.3 Å². The highest BCUT2D eigenvalue weighted by molar-refractivity contribution is 9.10. The highest BCUT2D eigenvalue weighted by atomic mass is 79.9. The van der Waals surface area contributed by atoms with Gasteiger partial charge >= 0.3 is 5.97 Å². The van der Waals surface area contributed by atoms with Gasteiger partial charge in [0.1, 0.15) is 10.8 Å². The minimum Gasteiger partial charge on any atom is -0.478 e. The van der Waals surface area contributed by atoms with Gasteiger partial charge in [0.05, 0.1) is 10.0 Å². The van der Waals surface area contributed by atoms with Gasteiger partial charge in [0, 0.05) is 10.4 Å². The Morgan fingerprint density at radius 1 is 1.38 bits per heavy atom. The third-order valence-electron chi connectivity index (χ3n) is 2.77. The van der Waals surface area contributed by atoms with Crippen LogP contribution in [0.3, 0.4) is 0 Å². The third-order valence-corrected chi connectivity index (χ3v) is 4.57. The van der Waals surface area contributed by atoms with E-state index in [2.05, 4.69) is 21.2 Å². The number of aromatic carboxylic acids is 1. The quantitative estimate of drug-likeness (QED) is 0.847. The Bertz CT molecular complexity index is 714. The first kappa shape index (κ1) is 15.7. The first-order valence-corrected chi connectivity index (χ1v) is 7.65. The molecule has 0 atom stereocenters. The molecule has 1 aromatic heterocycles. The first-order chi connectivity index (χ1) is 9.92. The van der Waals surface area contributed by atoms with Crippen LogP contribution in [0.25, 0.3) is 0 Å². The van der Waals surface area contributed by atoms with E-state index in [1.165, 1.54) is 29.5 Å². The highest BCUT2D eigenvalue weighted by Gasteiger charge is 2.18. The van der Waals surface area contributed by atoms with Crippen molar-refractivity contribution in [3.63, 3.8) is 0 Å². The van der Waals surface area contributed by atoms with Crippen molar-refractivity contribution in [2.24, 2.45) is 0 Å². The molecule has 0 aliphatic rings. The fourth-order valence-electron chi connectivity index (χ4n) is 1.68. The molecule has 110 valence electrons. The first-order valence-electron chi connectivity index (χ1n) is 6.04. The summed E-state index contributed by atoms with van der Waals surface area (Å²) in [4.78, 5) is 24.1. The molecule has 1 amide bonds. The standard InChI is InChI=1S/C14H11BrFNO3S/c1-2-8-6-9(14(19)20)13(21-8)17-12(18)7-3-4-11(16)10(15)5-7/h3-6H,2H2,1H3,(H,17,18)(H,19,20). The number of rotatable bonds is 4. The smallest absolute Gasteiger partial charge is 0.338 e. The van der Waals surface area contributed by atoms with E-state index in [0.717, 1.165) is 4.88 Å². The Balaban J connectivity index is 2.28. The SMILES string of the molecule is CCc1cc(C(=O)O)c(NC(=O)c2ccc(F)c(Br)c2)s1. The van der Waals surface area contributed by atoms with E-state index in [-0.39, 0.29) is 20.6 Å². The van der Waals surface area contributed by atoms with E-state index in [1.807, 2.05) is 6.92 Å². The number of halogens is 2. The Kier molecular flexibility index (Phi) is 4.74. The molecule has 0 unspecified atom stereocenters. The lowest BCUT2D eigenvalue weighted by Gasteiger charge is -2.05. The molecular weight excluding hydrogens is 361 g/mol. The summed E-state index contributed by atoms with van der Waals surface area (Å²) in [5.74, 6) is -2.05. The Hall–Kier alpha value is -1.73. The summed E-state index contributed by atoms with van der Waals surface area (Å²) < 4.78 is 13.3. The van der Waals surface area contributed by atoms with Crippen LogP contribution in [0.1, 0.15) is 32.5 Å². The monoisotopic (exact) mass is 371 g/mol. The molecule has 2 N–H and O–H groups in total. The minimum atomic E-state index is -1.10. The normalized spacial score (nSPS) is 10.4. The lowest BCUT2D eigenvalue weighted by molar-refractivity contribution is 0.0698. The number of anilines is 1. The van der Waals surface area contributed by atoms with Gasteiger partial charge in [0.15, 0.2) is 0 Å². The zero-order valence-corrected chi connectivity index (χ0v) is 13.3. The molecule has 0 aliphatic heterocycles. The fourth-order valence-corrected chi connectivity index (χ4v) is 3.04. The summed E-state index contributed by atoms with van der Waals surface area (Å²) in [5.41, 5.74) is 0.303. The van der Waals surface area contributed by atoms with Crippen LogP contribution in [0.4, 0.5) is 9.39 Å². The van der Waals surface area contributed by atoms with Crippen LogP contribution in [0.15, 0.2) is 28.7 Å². The zero-order chi connectivity index (χ0) is 15.6. The average molecular weight is 372 g/mol. The van der Waals surface area contributed by atoms with Crippen molar-refractivity contribution >= 4 is 44.1 Å². The number of benzene rings is 1. The van der Waals surface area contributed by atoms with Gasteiger partial charge in [-0.25, -0.2) is 9.18 Å². The Morgan fingerprint density at radius 2 is 2.10 bits per heavy atom. The van der Waals surface area contributed by atoms with Crippen molar-refractivity contribution < 1.29 is 19.1 Å². The van der Waals surface area contributed by atoms with Crippen LogP contribution < -0.4 is 5.32 Å². The molecule has 0 fully saturated rings. The van der Waals surface area contributed by atoms with Gasteiger partial charge in [-0.3, -0.25) is 4.79 Å². The number of hydrogen-bond acceptors (Lipinski definition) is 3. The number of carboxylic acid groups (broad SMARTS) is 1. The van der Waals surface area contributed by atoms with Gasteiger partial charge < -0.3 is 10.4 Å². The van der Waals surface area contributed by atoms with E-state index in [4.69, 9.17) is 5.11 Å². The van der Waals surface area contributed by atoms with E-state index in [0.29, 0.717) is 6.42 Å². The second-order valence-electron chi connectivity index (χ2n) is 4.20. The topological polar surface area (TPSA) is 66.4 Å². The molecule has 0 bridgehead atoms. The van der Waals surface area contributed by atoms with E-state index < -0.39 is 17.7 Å². The minimum absolute atomic E-state index is 0.0615. The fraction of sp³-hybridized carbons (Fsp3) is 0.143. The summed E-state index contributed by atoms with van der Waals surface area (Å²) in [5, 5.41) is 12.0. The van der Waals surface area contributed by atoms with Crippen LogP contribution in [0, 0.1) is 5.82 Å². The number of amides is 1. The van der Waals surface area contributed by atoms with Gasteiger partial charge in [-0.15, -0.1) is 11.3 Å². The molecule has 1 aromatic carbocycles. The van der Waals surface area contributed by atoms with Crippen molar-refractivity contribution in [1.29, 1.82) is 0 Å². The van der Waals surface area contributed by atoms with Gasteiger partial charge in [-0.2, -0.15) is 0 Å². The maximum absolute atomic E-state index is 13.2. The van der Waals surface area contributed by atoms with Crippen LogP contribution in [0.5, 0.6) is 0 Å². The maximum Gasteiger partial charge on any atom is 0.338 e. The summed E-state index contributed by atoms with van der Waals surface area (Å²) in [6, 6.07) is 5.40. The number of thiophene rings is 1. The van der Waals surface area contributed by atoms with Gasteiger partial charge in [0.25, 0.3) is 5.91 Å². The van der Waals surface area contributed by atoms with E-state index in [9.17, 15) is 14.0 Å². The number of carboxylic acids is 1. The maximum atomic E-state index is 13.2. The summed E-state index contributed by atoms with van der Waals surface area (Å²) in [6.07, 6.45) is 0.683. The average Bonchev–Trinajstić information content (AvgIpc) is 2.85. The van der Waals surface area contributed by atoms with Crippen molar-refractivity contribution in [2.75, 3.05) is 5.32 Å². The van der Waals surface area contributed by atoms with Crippen LogP contribution in [-0.2, 0) is 6.42 Å². The molecule has 2 rings (SSSR count). The number of aryl methyl sites for hydroxylation is 1. The molecule has 21 heavy (non-hydrogen) atoms. The number of carbonyl (C=O) groups excluding carboxylic acids is 1. The third kappa shape index (κ3) is 3.48. The molecule has 0 spiro atoms. The summed E-state index contributed by atoms with van der Waals surface area (Å²) in [6.45, 7) is 1.90. The van der Waals surface area contributed by atoms with Gasteiger partial charge in [-0.1, -0.05) is 6.92 Å². The van der Waals surface area contributed by atoms with Crippen LogP contribution in [0.2, 0.25) is 0 Å². The van der Waals surface area contributed by atoms with Crippen molar-refractivity contribution in [1.82, 2.24) is 0 Å². The lowest BCUT2D eigenvalue weighted by Crippen LogP contribution is -2.13. The molecule has 2 aromatic rings. The van der Waals surface area contributed by atoms with Crippen molar-refractivity contribution in [2.45, 2.75) is 13.3 Å².